The first kappa shape index (κ1) is 23.8. The zero-order chi connectivity index (χ0) is 23.9. The third-order valence-corrected chi connectivity index (χ3v) is 6.31. The minimum Gasteiger partial charge on any atom is -0.497 e. The zero-order valence-corrected chi connectivity index (χ0v) is 21.0. The highest BCUT2D eigenvalue weighted by atomic mass is 79.9. The van der Waals surface area contributed by atoms with Crippen molar-refractivity contribution in [2.45, 2.75) is 18.2 Å². The molecule has 9 heteroatoms. The van der Waals surface area contributed by atoms with Gasteiger partial charge >= 0.3 is 0 Å². The minimum absolute atomic E-state index is 0.128. The van der Waals surface area contributed by atoms with E-state index in [2.05, 4.69) is 31.4 Å². The lowest BCUT2D eigenvalue weighted by Crippen LogP contribution is -2.15. The molecule has 4 rings (SSSR count). The molecule has 0 spiro atoms. The smallest absolute Gasteiger partial charge is 0.234 e. The van der Waals surface area contributed by atoms with Gasteiger partial charge in [-0.1, -0.05) is 52.0 Å². The van der Waals surface area contributed by atoms with Crippen molar-refractivity contribution in [1.82, 2.24) is 14.8 Å². The van der Waals surface area contributed by atoms with Crippen molar-refractivity contribution in [3.05, 3.63) is 89.2 Å². The maximum absolute atomic E-state index is 12.5. The number of amides is 1. The average Bonchev–Trinajstić information content (AvgIpc) is 3.29. The second-order valence-corrected chi connectivity index (χ2v) is 9.15. The maximum Gasteiger partial charge on any atom is 0.234 e. The van der Waals surface area contributed by atoms with Crippen LogP contribution in [0.3, 0.4) is 0 Å². The largest absolute Gasteiger partial charge is 0.497 e. The van der Waals surface area contributed by atoms with Crippen LogP contribution in [0.2, 0.25) is 0 Å². The summed E-state index contributed by atoms with van der Waals surface area (Å²) in [6.07, 6.45) is -0.397. The number of methoxy groups -OCH3 is 1. The van der Waals surface area contributed by atoms with Crippen LogP contribution in [0.25, 0.3) is 5.69 Å². The van der Waals surface area contributed by atoms with Crippen molar-refractivity contribution >= 4 is 39.3 Å². The highest BCUT2D eigenvalue weighted by Gasteiger charge is 2.22. The molecule has 0 aliphatic rings. The lowest BCUT2D eigenvalue weighted by atomic mass is 10.3. The third-order valence-electron chi connectivity index (χ3n) is 4.85. The van der Waals surface area contributed by atoms with Crippen LogP contribution < -0.4 is 14.8 Å². The Kier molecular flexibility index (Phi) is 7.87. The number of nitrogens with one attached hydrogen (secondary N) is 1. The number of hydrogen-bond donors (Lipinski definition) is 1. The van der Waals surface area contributed by atoms with E-state index in [0.717, 1.165) is 15.8 Å². The third kappa shape index (κ3) is 5.98. The maximum atomic E-state index is 12.5. The summed E-state index contributed by atoms with van der Waals surface area (Å²) in [5.74, 6) is 2.06. The fourth-order valence-electron chi connectivity index (χ4n) is 3.25. The standard InChI is InChI=1S/C25H23BrN4O3S/c1-17(33-22-10-6-9-21(15-22)32-2)24-28-29-25(30(24)20-7-4-3-5-8-20)34-16-23(31)27-19-13-11-18(26)12-14-19/h3-15,17H,16H2,1-2H3,(H,27,31). The lowest BCUT2D eigenvalue weighted by molar-refractivity contribution is -0.113. The molecule has 4 aromatic rings. The molecule has 1 amide bonds. The van der Waals surface area contributed by atoms with Gasteiger partial charge in [0.1, 0.15) is 11.5 Å². The number of aromatic nitrogens is 3. The summed E-state index contributed by atoms with van der Waals surface area (Å²) < 4.78 is 14.3. The molecule has 0 aliphatic carbocycles. The number of hydrogen-bond acceptors (Lipinski definition) is 6. The molecule has 0 radical (unpaired) electrons. The van der Waals surface area contributed by atoms with Gasteiger partial charge in [0, 0.05) is 21.9 Å². The van der Waals surface area contributed by atoms with Gasteiger partial charge in [-0.3, -0.25) is 9.36 Å². The Morgan fingerprint density at radius 1 is 1.03 bits per heavy atom. The molecular formula is C25H23BrN4O3S. The number of para-hydroxylation sites is 1. The number of halogens is 1. The van der Waals surface area contributed by atoms with Gasteiger partial charge in [-0.05, 0) is 55.5 Å². The molecule has 0 aliphatic heterocycles. The molecule has 1 unspecified atom stereocenters. The van der Waals surface area contributed by atoms with E-state index in [4.69, 9.17) is 9.47 Å². The van der Waals surface area contributed by atoms with E-state index in [1.807, 2.05) is 90.4 Å². The van der Waals surface area contributed by atoms with Crippen molar-refractivity contribution in [2.75, 3.05) is 18.2 Å². The number of benzene rings is 3. The number of ether oxygens (including phenoxy) is 2. The van der Waals surface area contributed by atoms with Gasteiger partial charge in [-0.25, -0.2) is 0 Å². The molecule has 1 aromatic heterocycles. The Morgan fingerprint density at radius 2 is 1.76 bits per heavy atom. The topological polar surface area (TPSA) is 78.3 Å². The first-order chi connectivity index (χ1) is 16.5. The van der Waals surface area contributed by atoms with Crippen molar-refractivity contribution in [3.63, 3.8) is 0 Å². The Balaban J connectivity index is 1.53. The monoisotopic (exact) mass is 538 g/mol. The normalized spacial score (nSPS) is 11.6. The van der Waals surface area contributed by atoms with Gasteiger partial charge in [0.05, 0.1) is 12.9 Å². The number of carbonyl (C=O) groups excluding carboxylic acids is 1. The molecule has 0 fully saturated rings. The summed E-state index contributed by atoms with van der Waals surface area (Å²) in [7, 11) is 1.62. The van der Waals surface area contributed by atoms with Gasteiger partial charge in [-0.15, -0.1) is 10.2 Å². The van der Waals surface area contributed by atoms with Gasteiger partial charge in [0.2, 0.25) is 5.91 Å². The van der Waals surface area contributed by atoms with Crippen LogP contribution in [-0.2, 0) is 4.79 Å². The van der Waals surface area contributed by atoms with Crippen LogP contribution >= 0.6 is 27.7 Å². The Bertz CT molecular complexity index is 1250. The van der Waals surface area contributed by atoms with Crippen molar-refractivity contribution in [3.8, 4) is 17.2 Å². The summed E-state index contributed by atoms with van der Waals surface area (Å²) in [4.78, 5) is 12.5. The second-order valence-electron chi connectivity index (χ2n) is 7.29. The van der Waals surface area contributed by atoms with E-state index in [0.29, 0.717) is 22.5 Å². The summed E-state index contributed by atoms with van der Waals surface area (Å²) >= 11 is 4.71. The predicted molar refractivity (Wildman–Crippen MR) is 137 cm³/mol. The minimum atomic E-state index is -0.397. The SMILES string of the molecule is COc1cccc(OC(C)c2nnc(SCC(=O)Nc3ccc(Br)cc3)n2-c2ccccc2)c1. The number of nitrogens with zero attached hydrogens (tertiary/aromatic N) is 3. The molecule has 34 heavy (non-hydrogen) atoms. The van der Waals surface area contributed by atoms with E-state index in [1.54, 1.807) is 7.11 Å². The molecule has 174 valence electrons. The highest BCUT2D eigenvalue weighted by Crippen LogP contribution is 2.29. The van der Waals surface area contributed by atoms with E-state index < -0.39 is 6.10 Å². The van der Waals surface area contributed by atoms with Crippen LogP contribution in [0.4, 0.5) is 5.69 Å². The Hall–Kier alpha value is -3.30. The molecule has 0 saturated heterocycles. The van der Waals surface area contributed by atoms with Crippen LogP contribution in [-0.4, -0.2) is 33.5 Å². The molecule has 1 heterocycles. The zero-order valence-electron chi connectivity index (χ0n) is 18.6. The van der Waals surface area contributed by atoms with E-state index in [9.17, 15) is 4.79 Å². The molecule has 0 saturated carbocycles. The van der Waals surface area contributed by atoms with E-state index in [1.165, 1.54) is 11.8 Å². The number of thioether (sulfide) groups is 1. The number of anilines is 1. The van der Waals surface area contributed by atoms with E-state index in [-0.39, 0.29) is 11.7 Å². The van der Waals surface area contributed by atoms with Crippen LogP contribution in [0, 0.1) is 0 Å². The number of rotatable bonds is 9. The average molecular weight is 539 g/mol. The summed E-state index contributed by atoms with van der Waals surface area (Å²) in [5.41, 5.74) is 1.62. The van der Waals surface area contributed by atoms with Gasteiger partial charge in [0.15, 0.2) is 17.1 Å². The van der Waals surface area contributed by atoms with Gasteiger partial charge in [-0.2, -0.15) is 0 Å². The fourth-order valence-corrected chi connectivity index (χ4v) is 4.27. The lowest BCUT2D eigenvalue weighted by Gasteiger charge is -2.17. The van der Waals surface area contributed by atoms with Gasteiger partial charge in [0.25, 0.3) is 0 Å². The second kappa shape index (κ2) is 11.2. The first-order valence-electron chi connectivity index (χ1n) is 10.5. The molecule has 1 N–H and O–H groups in total. The van der Waals surface area contributed by atoms with Crippen molar-refractivity contribution in [2.24, 2.45) is 0 Å². The molecule has 0 bridgehead atoms. The van der Waals surface area contributed by atoms with Crippen LogP contribution in [0.5, 0.6) is 11.5 Å². The van der Waals surface area contributed by atoms with E-state index >= 15 is 0 Å². The predicted octanol–water partition coefficient (Wildman–Crippen LogP) is 5.91. The summed E-state index contributed by atoms with van der Waals surface area (Å²) in [6.45, 7) is 1.91. The molecule has 3 aromatic carbocycles. The van der Waals surface area contributed by atoms with Crippen molar-refractivity contribution < 1.29 is 14.3 Å². The van der Waals surface area contributed by atoms with Crippen LogP contribution in [0.15, 0.2) is 88.5 Å². The molecule has 7 nitrogen and oxygen atoms in total. The number of carbonyl (C=O) groups is 1. The quantitative estimate of drug-likeness (QED) is 0.267. The molecular weight excluding hydrogens is 516 g/mol. The Labute approximate surface area is 210 Å². The highest BCUT2D eigenvalue weighted by molar-refractivity contribution is 9.10. The first-order valence-corrected chi connectivity index (χ1v) is 12.3. The van der Waals surface area contributed by atoms with Crippen LogP contribution in [0.1, 0.15) is 18.9 Å². The van der Waals surface area contributed by atoms with Crippen molar-refractivity contribution in [1.29, 1.82) is 0 Å². The molecule has 1 atom stereocenters. The summed E-state index contributed by atoms with van der Waals surface area (Å²) in [6, 6.07) is 24.6. The summed E-state index contributed by atoms with van der Waals surface area (Å²) in [5, 5.41) is 12.3. The van der Waals surface area contributed by atoms with Gasteiger partial charge < -0.3 is 14.8 Å². The Morgan fingerprint density at radius 3 is 2.50 bits per heavy atom. The fraction of sp³-hybridized carbons (Fsp3) is 0.160.